The van der Waals surface area contributed by atoms with Gasteiger partial charge < -0.3 is 9.64 Å². The average molecular weight is 298 g/mol. The highest BCUT2D eigenvalue weighted by Gasteiger charge is 2.21. The van der Waals surface area contributed by atoms with Gasteiger partial charge in [0.15, 0.2) is 5.78 Å². The second-order valence-corrected chi connectivity index (χ2v) is 6.22. The van der Waals surface area contributed by atoms with Crippen LogP contribution >= 0.6 is 11.6 Å². The van der Waals surface area contributed by atoms with Crippen molar-refractivity contribution in [3.05, 3.63) is 28.8 Å². The van der Waals surface area contributed by atoms with Crippen molar-refractivity contribution in [2.45, 2.75) is 20.8 Å². The lowest BCUT2D eigenvalue weighted by atomic mass is 9.96. The zero-order valence-corrected chi connectivity index (χ0v) is 13.0. The van der Waals surface area contributed by atoms with Gasteiger partial charge in [0.1, 0.15) is 5.75 Å². The molecule has 0 spiro atoms. The minimum Gasteiger partial charge on any atom is -0.496 e. The first kappa shape index (κ1) is 16.5. The first-order valence-electron chi connectivity index (χ1n) is 6.33. The summed E-state index contributed by atoms with van der Waals surface area (Å²) in [7, 11) is 1.48. The third-order valence-corrected chi connectivity index (χ3v) is 2.96. The molecule has 0 atom stereocenters. The van der Waals surface area contributed by atoms with Gasteiger partial charge in [-0.05, 0) is 17.5 Å². The van der Waals surface area contributed by atoms with Crippen molar-refractivity contribution in [3.63, 3.8) is 0 Å². The molecule has 1 rings (SSSR count). The van der Waals surface area contributed by atoms with Crippen LogP contribution in [-0.4, -0.2) is 37.3 Å². The monoisotopic (exact) mass is 297 g/mol. The number of halogens is 1. The lowest BCUT2D eigenvalue weighted by molar-refractivity contribution is -0.118. The summed E-state index contributed by atoms with van der Waals surface area (Å²) < 4.78 is 5.15. The van der Waals surface area contributed by atoms with E-state index in [0.717, 1.165) is 0 Å². The Kier molecular flexibility index (Phi) is 5.57. The summed E-state index contributed by atoms with van der Waals surface area (Å²) in [4.78, 5) is 24.9. The van der Waals surface area contributed by atoms with Gasteiger partial charge in [-0.15, -0.1) is 0 Å². The van der Waals surface area contributed by atoms with E-state index in [9.17, 15) is 9.59 Å². The van der Waals surface area contributed by atoms with Gasteiger partial charge in [-0.1, -0.05) is 38.4 Å². The Balaban J connectivity index is 2.93. The fourth-order valence-electron chi connectivity index (χ4n) is 1.95. The number of hydrogen-bond acceptors (Lipinski definition) is 3. The highest BCUT2D eigenvalue weighted by molar-refractivity contribution is 6.34. The molecule has 0 saturated heterocycles. The van der Waals surface area contributed by atoms with Crippen LogP contribution in [0.2, 0.25) is 5.02 Å². The van der Waals surface area contributed by atoms with Crippen LogP contribution in [0.15, 0.2) is 18.2 Å². The van der Waals surface area contributed by atoms with Crippen LogP contribution in [0.25, 0.3) is 0 Å². The van der Waals surface area contributed by atoms with Crippen molar-refractivity contribution in [2.75, 3.05) is 20.2 Å². The Morgan fingerprint density at radius 2 is 2.05 bits per heavy atom. The van der Waals surface area contributed by atoms with Crippen LogP contribution < -0.4 is 4.74 Å². The van der Waals surface area contributed by atoms with Crippen molar-refractivity contribution in [1.82, 2.24) is 4.90 Å². The van der Waals surface area contributed by atoms with Gasteiger partial charge in [-0.2, -0.15) is 0 Å². The summed E-state index contributed by atoms with van der Waals surface area (Å²) in [6.45, 7) is 6.49. The van der Waals surface area contributed by atoms with Gasteiger partial charge >= 0.3 is 0 Å². The van der Waals surface area contributed by atoms with Crippen LogP contribution in [-0.2, 0) is 4.79 Å². The van der Waals surface area contributed by atoms with Crippen molar-refractivity contribution in [1.29, 1.82) is 0 Å². The SMILES string of the molecule is COc1cccc(Cl)c1C(=O)CN(C=O)CC(C)(C)C. The maximum absolute atomic E-state index is 12.3. The lowest BCUT2D eigenvalue weighted by Crippen LogP contribution is -2.35. The number of hydrogen-bond donors (Lipinski definition) is 0. The van der Waals surface area contributed by atoms with Crippen LogP contribution in [0.4, 0.5) is 0 Å². The molecule has 0 aliphatic rings. The predicted molar refractivity (Wildman–Crippen MR) is 79.4 cm³/mol. The normalized spacial score (nSPS) is 11.1. The number of rotatable bonds is 6. The third-order valence-electron chi connectivity index (χ3n) is 2.65. The van der Waals surface area contributed by atoms with Crippen LogP contribution in [0, 0.1) is 5.41 Å². The molecule has 4 nitrogen and oxygen atoms in total. The van der Waals surface area contributed by atoms with E-state index < -0.39 is 0 Å². The number of benzene rings is 1. The molecule has 0 fully saturated rings. The van der Waals surface area contributed by atoms with Crippen molar-refractivity contribution in [2.24, 2.45) is 5.41 Å². The maximum atomic E-state index is 12.3. The lowest BCUT2D eigenvalue weighted by Gasteiger charge is -2.26. The molecule has 0 unspecified atom stereocenters. The Morgan fingerprint density at radius 3 is 2.55 bits per heavy atom. The fourth-order valence-corrected chi connectivity index (χ4v) is 2.22. The van der Waals surface area contributed by atoms with Crippen molar-refractivity contribution >= 4 is 23.8 Å². The standard InChI is InChI=1S/C15H20ClNO3/c1-15(2,3)9-17(10-18)8-12(19)14-11(16)6-5-7-13(14)20-4/h5-7,10H,8-9H2,1-4H3. The minimum atomic E-state index is -0.233. The second-order valence-electron chi connectivity index (χ2n) is 5.81. The predicted octanol–water partition coefficient (Wildman–Crippen LogP) is 3.04. The van der Waals surface area contributed by atoms with E-state index in [1.165, 1.54) is 12.0 Å². The molecule has 0 aliphatic heterocycles. The first-order chi connectivity index (χ1) is 9.28. The number of amides is 1. The molecule has 0 aromatic heterocycles. The molecule has 1 aromatic rings. The molecule has 0 heterocycles. The zero-order chi connectivity index (χ0) is 15.3. The van der Waals surface area contributed by atoms with E-state index >= 15 is 0 Å². The number of ketones is 1. The number of Topliss-reactive ketones (excluding diaryl/α,β-unsaturated/α-hetero) is 1. The minimum absolute atomic E-state index is 0.0130. The van der Waals surface area contributed by atoms with E-state index in [4.69, 9.17) is 16.3 Å². The highest BCUT2D eigenvalue weighted by Crippen LogP contribution is 2.27. The molecule has 20 heavy (non-hydrogen) atoms. The van der Waals surface area contributed by atoms with Gasteiger partial charge in [0.2, 0.25) is 6.41 Å². The average Bonchev–Trinajstić information content (AvgIpc) is 2.35. The van der Waals surface area contributed by atoms with Crippen molar-refractivity contribution in [3.8, 4) is 5.75 Å². The van der Waals surface area contributed by atoms with Crippen LogP contribution in [0.1, 0.15) is 31.1 Å². The van der Waals surface area contributed by atoms with E-state index in [-0.39, 0.29) is 17.7 Å². The number of methoxy groups -OCH3 is 1. The van der Waals surface area contributed by atoms with E-state index in [1.807, 2.05) is 20.8 Å². The Morgan fingerprint density at radius 1 is 1.40 bits per heavy atom. The Bertz CT molecular complexity index is 494. The number of carbonyl (C=O) groups is 2. The summed E-state index contributed by atoms with van der Waals surface area (Å²) in [5.41, 5.74) is 0.239. The largest absolute Gasteiger partial charge is 0.496 e. The van der Waals surface area contributed by atoms with Crippen LogP contribution in [0.5, 0.6) is 5.75 Å². The van der Waals surface area contributed by atoms with E-state index in [0.29, 0.717) is 29.3 Å². The summed E-state index contributed by atoms with van der Waals surface area (Å²) in [5.74, 6) is 0.188. The molecule has 1 amide bonds. The number of ether oxygens (including phenoxy) is 1. The smallest absolute Gasteiger partial charge is 0.210 e. The van der Waals surface area contributed by atoms with E-state index in [2.05, 4.69) is 0 Å². The van der Waals surface area contributed by atoms with Gasteiger partial charge in [0, 0.05) is 6.54 Å². The number of nitrogens with zero attached hydrogens (tertiary/aromatic N) is 1. The molecule has 0 aliphatic carbocycles. The van der Waals surface area contributed by atoms with E-state index in [1.54, 1.807) is 18.2 Å². The Hall–Kier alpha value is -1.55. The summed E-state index contributed by atoms with van der Waals surface area (Å²) in [5, 5.41) is 0.330. The van der Waals surface area contributed by atoms with Crippen LogP contribution in [0.3, 0.4) is 0 Å². The molecular weight excluding hydrogens is 278 g/mol. The molecule has 0 N–H and O–H groups in total. The number of carbonyl (C=O) groups excluding carboxylic acids is 2. The molecule has 0 radical (unpaired) electrons. The molecule has 1 aromatic carbocycles. The molecule has 5 heteroatoms. The van der Waals surface area contributed by atoms with Gasteiger partial charge in [-0.3, -0.25) is 9.59 Å². The summed E-state index contributed by atoms with van der Waals surface area (Å²) in [6.07, 6.45) is 0.687. The fraction of sp³-hybridized carbons (Fsp3) is 0.467. The molecular formula is C15H20ClNO3. The second kappa shape index (κ2) is 6.75. The maximum Gasteiger partial charge on any atom is 0.210 e. The first-order valence-corrected chi connectivity index (χ1v) is 6.71. The molecule has 110 valence electrons. The van der Waals surface area contributed by atoms with Gasteiger partial charge in [-0.25, -0.2) is 0 Å². The molecule has 0 saturated carbocycles. The van der Waals surface area contributed by atoms with Gasteiger partial charge in [0.05, 0.1) is 24.2 Å². The Labute approximate surface area is 124 Å². The quantitative estimate of drug-likeness (QED) is 0.599. The highest BCUT2D eigenvalue weighted by atomic mass is 35.5. The summed E-state index contributed by atoms with van der Waals surface area (Å²) >= 11 is 6.06. The molecule has 0 bridgehead atoms. The van der Waals surface area contributed by atoms with Gasteiger partial charge in [0.25, 0.3) is 0 Å². The third kappa shape index (κ3) is 4.53. The zero-order valence-electron chi connectivity index (χ0n) is 12.3. The topological polar surface area (TPSA) is 46.6 Å². The summed E-state index contributed by atoms with van der Waals surface area (Å²) in [6, 6.07) is 5.02. The van der Waals surface area contributed by atoms with Crippen molar-refractivity contribution < 1.29 is 14.3 Å².